The van der Waals surface area contributed by atoms with Crippen LogP contribution in [0.25, 0.3) is 0 Å². The lowest BCUT2D eigenvalue weighted by atomic mass is 10.0. The van der Waals surface area contributed by atoms with Crippen molar-refractivity contribution in [1.29, 1.82) is 0 Å². The molecule has 0 saturated heterocycles. The molecule has 0 aliphatic heterocycles. The van der Waals surface area contributed by atoms with Crippen LogP contribution < -0.4 is 0 Å². The lowest BCUT2D eigenvalue weighted by Crippen LogP contribution is -1.82. The summed E-state index contributed by atoms with van der Waals surface area (Å²) >= 11 is 0. The van der Waals surface area contributed by atoms with Crippen molar-refractivity contribution < 1.29 is 0 Å². The molecule has 0 atom stereocenters. The Hall–Kier alpha value is -1.04. The summed E-state index contributed by atoms with van der Waals surface area (Å²) in [5.74, 6) is 0. The van der Waals surface area contributed by atoms with E-state index in [1.165, 1.54) is 11.1 Å². The van der Waals surface area contributed by atoms with E-state index in [4.69, 9.17) is 0 Å². The van der Waals surface area contributed by atoms with Crippen LogP contribution in [0.1, 0.15) is 20.8 Å². The second-order valence-corrected chi connectivity index (χ2v) is 2.54. The van der Waals surface area contributed by atoms with Crippen molar-refractivity contribution in [3.63, 3.8) is 0 Å². The predicted molar refractivity (Wildman–Crippen MR) is 52.5 cm³/mol. The second kappa shape index (κ2) is 4.73. The Morgan fingerprint density at radius 2 is 1.82 bits per heavy atom. The second-order valence-electron chi connectivity index (χ2n) is 2.54. The number of rotatable bonds is 3. The Balaban J connectivity index is 4.60. The number of hydrogen-bond donors (Lipinski definition) is 0. The summed E-state index contributed by atoms with van der Waals surface area (Å²) < 4.78 is 0. The molecule has 0 rings (SSSR count). The van der Waals surface area contributed by atoms with Crippen molar-refractivity contribution in [2.75, 3.05) is 0 Å². The van der Waals surface area contributed by atoms with Gasteiger partial charge >= 0.3 is 0 Å². The molecule has 0 heterocycles. The fourth-order valence-electron chi connectivity index (χ4n) is 0.733. The molecule has 0 N–H and O–H groups in total. The first-order chi connectivity index (χ1) is 5.13. The molecule has 60 valence electrons. The lowest BCUT2D eigenvalue weighted by Gasteiger charge is -2.02. The molecule has 0 aromatic carbocycles. The SMILES string of the molecule is C=CC(C)=C(C)C(=C)C=CC. The van der Waals surface area contributed by atoms with Gasteiger partial charge in [-0.3, -0.25) is 0 Å². The average Bonchev–Trinajstić information content (AvgIpc) is 2.02. The Morgan fingerprint density at radius 3 is 2.18 bits per heavy atom. The van der Waals surface area contributed by atoms with Gasteiger partial charge in [0.25, 0.3) is 0 Å². The molecule has 0 radical (unpaired) electrons. The Kier molecular flexibility index (Phi) is 4.28. The molecule has 0 aromatic heterocycles. The molecule has 0 aromatic rings. The van der Waals surface area contributed by atoms with Crippen LogP contribution in [0.3, 0.4) is 0 Å². The van der Waals surface area contributed by atoms with E-state index in [9.17, 15) is 0 Å². The van der Waals surface area contributed by atoms with Gasteiger partial charge in [0.2, 0.25) is 0 Å². The summed E-state index contributed by atoms with van der Waals surface area (Å²) in [4.78, 5) is 0. The third-order valence-corrected chi connectivity index (χ3v) is 1.75. The van der Waals surface area contributed by atoms with Crippen molar-refractivity contribution in [2.24, 2.45) is 0 Å². The van der Waals surface area contributed by atoms with Crippen molar-refractivity contribution in [3.05, 3.63) is 48.1 Å². The summed E-state index contributed by atoms with van der Waals surface area (Å²) in [5.41, 5.74) is 3.45. The van der Waals surface area contributed by atoms with E-state index in [2.05, 4.69) is 20.1 Å². The van der Waals surface area contributed by atoms with Crippen LogP contribution in [0.2, 0.25) is 0 Å². The fourth-order valence-corrected chi connectivity index (χ4v) is 0.733. The molecule has 0 nitrogen and oxygen atoms in total. The zero-order valence-electron chi connectivity index (χ0n) is 7.65. The van der Waals surface area contributed by atoms with Gasteiger partial charge in [0, 0.05) is 0 Å². The average molecular weight is 148 g/mol. The van der Waals surface area contributed by atoms with E-state index in [0.717, 1.165) is 5.57 Å². The van der Waals surface area contributed by atoms with Crippen LogP contribution in [0.4, 0.5) is 0 Å². The highest BCUT2D eigenvalue weighted by atomic mass is 14.0. The summed E-state index contributed by atoms with van der Waals surface area (Å²) in [6.07, 6.45) is 5.84. The van der Waals surface area contributed by atoms with Crippen molar-refractivity contribution in [1.82, 2.24) is 0 Å². The zero-order chi connectivity index (χ0) is 8.85. The Labute approximate surface area is 69.6 Å². The predicted octanol–water partition coefficient (Wildman–Crippen LogP) is 3.64. The van der Waals surface area contributed by atoms with E-state index in [1.807, 2.05) is 32.1 Å². The normalized spacial score (nSPS) is 13.0. The Morgan fingerprint density at radius 1 is 1.27 bits per heavy atom. The molecule has 0 saturated carbocycles. The molecule has 11 heavy (non-hydrogen) atoms. The van der Waals surface area contributed by atoms with Gasteiger partial charge in [-0.15, -0.1) is 0 Å². The minimum absolute atomic E-state index is 1.06. The largest absolute Gasteiger partial charge is 0.0988 e. The van der Waals surface area contributed by atoms with Gasteiger partial charge in [0.15, 0.2) is 0 Å². The van der Waals surface area contributed by atoms with Crippen LogP contribution in [-0.4, -0.2) is 0 Å². The van der Waals surface area contributed by atoms with Crippen LogP contribution in [-0.2, 0) is 0 Å². The van der Waals surface area contributed by atoms with E-state index < -0.39 is 0 Å². The Bertz CT molecular complexity index is 214. The monoisotopic (exact) mass is 148 g/mol. The zero-order valence-corrected chi connectivity index (χ0v) is 7.65. The summed E-state index contributed by atoms with van der Waals surface area (Å²) in [6, 6.07) is 0. The fraction of sp³-hybridized carbons (Fsp3) is 0.273. The molecule has 0 unspecified atom stereocenters. The summed E-state index contributed by atoms with van der Waals surface area (Å²) in [7, 11) is 0. The molecule has 0 aliphatic rings. The van der Waals surface area contributed by atoms with Gasteiger partial charge < -0.3 is 0 Å². The molecular weight excluding hydrogens is 132 g/mol. The molecule has 0 bridgehead atoms. The minimum Gasteiger partial charge on any atom is -0.0988 e. The maximum Gasteiger partial charge on any atom is -0.0300 e. The van der Waals surface area contributed by atoms with Gasteiger partial charge in [0.1, 0.15) is 0 Å². The van der Waals surface area contributed by atoms with Gasteiger partial charge in [0.05, 0.1) is 0 Å². The third kappa shape index (κ3) is 3.03. The quantitative estimate of drug-likeness (QED) is 0.536. The lowest BCUT2D eigenvalue weighted by molar-refractivity contribution is 1.33. The van der Waals surface area contributed by atoms with Gasteiger partial charge in [-0.1, -0.05) is 31.4 Å². The van der Waals surface area contributed by atoms with Crippen LogP contribution in [0.15, 0.2) is 48.1 Å². The highest BCUT2D eigenvalue weighted by Gasteiger charge is 1.93. The molecule has 0 fully saturated rings. The first-order valence-electron chi connectivity index (χ1n) is 3.75. The van der Waals surface area contributed by atoms with Gasteiger partial charge in [-0.25, -0.2) is 0 Å². The minimum atomic E-state index is 1.06. The molecule has 0 amide bonds. The number of allylic oxidation sites excluding steroid dienone is 6. The van der Waals surface area contributed by atoms with E-state index in [-0.39, 0.29) is 0 Å². The molecule has 0 aliphatic carbocycles. The maximum absolute atomic E-state index is 3.92. The summed E-state index contributed by atoms with van der Waals surface area (Å²) in [6.45, 7) is 13.7. The molecule has 0 heteroatoms. The molecule has 0 spiro atoms. The van der Waals surface area contributed by atoms with Crippen LogP contribution in [0.5, 0.6) is 0 Å². The third-order valence-electron chi connectivity index (χ3n) is 1.75. The standard InChI is InChI=1S/C11H16/c1-6-8-10(4)11(5)9(3)7-2/h6-8H,2,4H2,1,3,5H3. The number of hydrogen-bond acceptors (Lipinski definition) is 0. The van der Waals surface area contributed by atoms with Crippen molar-refractivity contribution in [3.8, 4) is 0 Å². The highest BCUT2D eigenvalue weighted by molar-refractivity contribution is 5.41. The van der Waals surface area contributed by atoms with E-state index in [1.54, 1.807) is 0 Å². The van der Waals surface area contributed by atoms with E-state index in [0.29, 0.717) is 0 Å². The topological polar surface area (TPSA) is 0 Å². The van der Waals surface area contributed by atoms with E-state index >= 15 is 0 Å². The first-order valence-corrected chi connectivity index (χ1v) is 3.75. The van der Waals surface area contributed by atoms with Crippen LogP contribution in [0, 0.1) is 0 Å². The summed E-state index contributed by atoms with van der Waals surface area (Å²) in [5, 5.41) is 0. The van der Waals surface area contributed by atoms with Gasteiger partial charge in [-0.05, 0) is 37.5 Å². The molecular formula is C11H16. The maximum atomic E-state index is 3.92. The van der Waals surface area contributed by atoms with Gasteiger partial charge in [-0.2, -0.15) is 0 Å². The smallest absolute Gasteiger partial charge is 0.0300 e. The van der Waals surface area contributed by atoms with Crippen molar-refractivity contribution in [2.45, 2.75) is 20.8 Å². The highest BCUT2D eigenvalue weighted by Crippen LogP contribution is 2.13. The van der Waals surface area contributed by atoms with Crippen LogP contribution >= 0.6 is 0 Å². The van der Waals surface area contributed by atoms with Crippen molar-refractivity contribution >= 4 is 0 Å². The first kappa shape index (κ1) is 9.96.